The lowest BCUT2D eigenvalue weighted by Gasteiger charge is -2.44. The number of nitro groups is 2. The summed E-state index contributed by atoms with van der Waals surface area (Å²) in [6.45, 7) is -0.466. The Kier molecular flexibility index (Phi) is 3.68. The first-order chi connectivity index (χ1) is 9.74. The second kappa shape index (κ2) is 5.04. The van der Waals surface area contributed by atoms with Gasteiger partial charge in [0.25, 0.3) is 5.54 Å². The number of aliphatic hydroxyl groups is 1. The Bertz CT molecular complexity index is 534. The fourth-order valence-corrected chi connectivity index (χ4v) is 3.28. The second-order valence-electron chi connectivity index (χ2n) is 5.60. The number of fused-ring (bicyclic) bond motifs is 2. The zero-order valence-corrected chi connectivity index (χ0v) is 11.1. The maximum atomic E-state index is 11.4. The molecule has 2 atom stereocenters. The molecule has 0 unspecified atom stereocenters. The normalized spacial score (nSPS) is 32.3. The monoisotopic (exact) mass is 301 g/mol. The molecule has 2 N–H and O–H groups in total. The molecule has 0 aromatic carbocycles. The summed E-state index contributed by atoms with van der Waals surface area (Å²) < 4.78 is 0. The number of nitrogens with zero attached hydrogens (tertiary/aromatic N) is 3. The lowest BCUT2D eigenvalue weighted by molar-refractivity contribution is -0.619. The SMILES string of the molecule is O=C(O)C1=C[C@]2([N+](=O)[O-])CN(CCO)C[C@]([N+](=O)[O-])(C1)C2. The van der Waals surface area contributed by atoms with Crippen molar-refractivity contribution in [3.8, 4) is 0 Å². The van der Waals surface area contributed by atoms with Gasteiger partial charge in [0.05, 0.1) is 32.5 Å². The van der Waals surface area contributed by atoms with Crippen LogP contribution in [0.25, 0.3) is 0 Å². The Hall–Kier alpha value is -2.07. The van der Waals surface area contributed by atoms with Gasteiger partial charge in [0, 0.05) is 28.0 Å². The Balaban J connectivity index is 2.53. The van der Waals surface area contributed by atoms with Crippen LogP contribution in [0.2, 0.25) is 0 Å². The molecule has 2 bridgehead atoms. The first-order valence-corrected chi connectivity index (χ1v) is 6.32. The highest BCUT2D eigenvalue weighted by molar-refractivity contribution is 5.87. The molecule has 1 aliphatic carbocycles. The van der Waals surface area contributed by atoms with Crippen molar-refractivity contribution in [3.63, 3.8) is 0 Å². The number of carbonyl (C=O) groups is 1. The minimum Gasteiger partial charge on any atom is -0.478 e. The predicted molar refractivity (Wildman–Crippen MR) is 67.9 cm³/mol. The number of β-amino-alcohol motifs (C(OH)–C–C–N with tert-alkyl or cyclic N) is 1. The molecule has 0 amide bonds. The Morgan fingerprint density at radius 1 is 1.33 bits per heavy atom. The molecule has 1 heterocycles. The first-order valence-electron chi connectivity index (χ1n) is 6.32. The van der Waals surface area contributed by atoms with E-state index in [-0.39, 0.29) is 44.7 Å². The highest BCUT2D eigenvalue weighted by Gasteiger charge is 2.64. The van der Waals surface area contributed by atoms with Gasteiger partial charge in [-0.25, -0.2) is 4.79 Å². The van der Waals surface area contributed by atoms with Gasteiger partial charge in [-0.3, -0.25) is 25.1 Å². The van der Waals surface area contributed by atoms with Crippen molar-refractivity contribution in [2.75, 3.05) is 26.2 Å². The molecule has 1 saturated heterocycles. The number of aliphatic carboxylic acids is 1. The van der Waals surface area contributed by atoms with Crippen molar-refractivity contribution in [1.29, 1.82) is 0 Å². The molecule has 0 aromatic heterocycles. The molecular formula is C11H15N3O7. The van der Waals surface area contributed by atoms with Gasteiger partial charge in [-0.1, -0.05) is 0 Å². The number of hydrogen-bond donors (Lipinski definition) is 2. The third-order valence-corrected chi connectivity index (χ3v) is 4.05. The minimum atomic E-state index is -1.80. The smallest absolute Gasteiger partial charge is 0.331 e. The molecule has 2 aliphatic rings. The molecule has 21 heavy (non-hydrogen) atoms. The third-order valence-electron chi connectivity index (χ3n) is 4.05. The van der Waals surface area contributed by atoms with Gasteiger partial charge in [-0.15, -0.1) is 0 Å². The van der Waals surface area contributed by atoms with Gasteiger partial charge in [-0.2, -0.15) is 0 Å². The zero-order chi connectivity index (χ0) is 15.8. The standard InChI is InChI=1S/C11H15N3O7/c15-2-1-12-6-10(13(18)19)3-8(9(16)17)4-11(5-10,7-12)14(20)21/h3,15H,1-2,4-7H2,(H,16,17)/t10-,11+/m1/s1. The van der Waals surface area contributed by atoms with Crippen molar-refractivity contribution < 1.29 is 24.9 Å². The molecule has 116 valence electrons. The van der Waals surface area contributed by atoms with Crippen LogP contribution < -0.4 is 0 Å². The summed E-state index contributed by atoms with van der Waals surface area (Å²) in [6.07, 6.45) is 0.339. The largest absolute Gasteiger partial charge is 0.478 e. The van der Waals surface area contributed by atoms with E-state index in [0.717, 1.165) is 6.08 Å². The fourth-order valence-electron chi connectivity index (χ4n) is 3.28. The van der Waals surface area contributed by atoms with Crippen LogP contribution in [0.1, 0.15) is 12.8 Å². The molecule has 2 rings (SSSR count). The minimum absolute atomic E-state index is 0.0709. The van der Waals surface area contributed by atoms with Crippen LogP contribution in [-0.4, -0.2) is 68.2 Å². The summed E-state index contributed by atoms with van der Waals surface area (Å²) in [4.78, 5) is 34.2. The molecular weight excluding hydrogens is 286 g/mol. The van der Waals surface area contributed by atoms with Gasteiger partial charge >= 0.3 is 5.97 Å². The van der Waals surface area contributed by atoms with Gasteiger partial charge in [0.2, 0.25) is 5.54 Å². The number of rotatable bonds is 5. The number of hydrogen-bond acceptors (Lipinski definition) is 7. The van der Waals surface area contributed by atoms with Crippen molar-refractivity contribution in [2.24, 2.45) is 0 Å². The van der Waals surface area contributed by atoms with Crippen LogP contribution in [0.15, 0.2) is 11.6 Å². The van der Waals surface area contributed by atoms with Crippen molar-refractivity contribution >= 4 is 5.97 Å². The van der Waals surface area contributed by atoms with Crippen molar-refractivity contribution in [3.05, 3.63) is 31.9 Å². The van der Waals surface area contributed by atoms with Crippen LogP contribution in [0.4, 0.5) is 0 Å². The number of carboxylic acids is 1. The summed E-state index contributed by atoms with van der Waals surface area (Å²) >= 11 is 0. The Labute approximate surface area is 119 Å². The van der Waals surface area contributed by atoms with Crippen LogP contribution in [0.5, 0.6) is 0 Å². The summed E-state index contributed by atoms with van der Waals surface area (Å²) in [5.74, 6) is -1.37. The van der Waals surface area contributed by atoms with E-state index < -0.39 is 26.9 Å². The predicted octanol–water partition coefficient (Wildman–Crippen LogP) is -0.870. The molecule has 10 heteroatoms. The maximum Gasteiger partial charge on any atom is 0.331 e. The lowest BCUT2D eigenvalue weighted by atomic mass is 9.69. The van der Waals surface area contributed by atoms with Crippen LogP contribution >= 0.6 is 0 Å². The van der Waals surface area contributed by atoms with E-state index >= 15 is 0 Å². The molecule has 1 aliphatic heterocycles. The number of likely N-dealkylation sites (tertiary alicyclic amines) is 1. The quantitative estimate of drug-likeness (QED) is 0.492. The van der Waals surface area contributed by atoms with Crippen LogP contribution in [-0.2, 0) is 4.79 Å². The first kappa shape index (κ1) is 15.3. The van der Waals surface area contributed by atoms with E-state index in [9.17, 15) is 25.0 Å². The second-order valence-corrected chi connectivity index (χ2v) is 5.60. The average Bonchev–Trinajstić information content (AvgIpc) is 2.37. The summed E-state index contributed by atoms with van der Waals surface area (Å²) in [5, 5.41) is 40.9. The fraction of sp³-hybridized carbons (Fsp3) is 0.727. The highest BCUT2D eigenvalue weighted by Crippen LogP contribution is 2.43. The topological polar surface area (TPSA) is 147 Å². The number of aliphatic hydroxyl groups excluding tert-OH is 1. The van der Waals surface area contributed by atoms with E-state index in [0.29, 0.717) is 0 Å². The lowest BCUT2D eigenvalue weighted by Crippen LogP contribution is -2.67. The van der Waals surface area contributed by atoms with Gasteiger partial charge in [-0.05, 0) is 0 Å². The van der Waals surface area contributed by atoms with Gasteiger partial charge in [0.15, 0.2) is 0 Å². The molecule has 0 radical (unpaired) electrons. The highest BCUT2D eigenvalue weighted by atomic mass is 16.6. The van der Waals surface area contributed by atoms with E-state index in [4.69, 9.17) is 10.2 Å². The van der Waals surface area contributed by atoms with E-state index in [2.05, 4.69) is 0 Å². The molecule has 0 aromatic rings. The number of carboxylic acid groups (broad SMARTS) is 1. The van der Waals surface area contributed by atoms with E-state index in [1.54, 1.807) is 0 Å². The van der Waals surface area contributed by atoms with Gasteiger partial charge < -0.3 is 10.2 Å². The Morgan fingerprint density at radius 3 is 2.48 bits per heavy atom. The molecule has 0 spiro atoms. The summed E-state index contributed by atoms with van der Waals surface area (Å²) in [5.41, 5.74) is -3.80. The Morgan fingerprint density at radius 2 is 2.00 bits per heavy atom. The third kappa shape index (κ3) is 2.47. The van der Waals surface area contributed by atoms with Gasteiger partial charge in [0.1, 0.15) is 0 Å². The molecule has 0 saturated carbocycles. The van der Waals surface area contributed by atoms with Crippen molar-refractivity contribution in [1.82, 2.24) is 4.90 Å². The molecule has 10 nitrogen and oxygen atoms in total. The van der Waals surface area contributed by atoms with Crippen molar-refractivity contribution in [2.45, 2.75) is 23.9 Å². The molecule has 1 fully saturated rings. The summed E-state index contributed by atoms with van der Waals surface area (Å²) in [7, 11) is 0. The average molecular weight is 301 g/mol. The van der Waals surface area contributed by atoms with Crippen LogP contribution in [0, 0.1) is 20.2 Å². The number of piperidine rings is 1. The van der Waals surface area contributed by atoms with Crippen LogP contribution in [0.3, 0.4) is 0 Å². The maximum absolute atomic E-state index is 11.4. The zero-order valence-electron chi connectivity index (χ0n) is 11.1. The van der Waals surface area contributed by atoms with E-state index in [1.165, 1.54) is 4.90 Å². The van der Waals surface area contributed by atoms with E-state index in [1.807, 2.05) is 0 Å². The summed E-state index contributed by atoms with van der Waals surface area (Å²) in [6, 6.07) is 0.